The zero-order chi connectivity index (χ0) is 12.9. The molecular formula is C8H12F3N5O. The highest BCUT2D eigenvalue weighted by Crippen LogP contribution is 2.17. The zero-order valence-electron chi connectivity index (χ0n) is 9.30. The summed E-state index contributed by atoms with van der Waals surface area (Å²) in [6.07, 6.45) is -4.43. The maximum absolute atomic E-state index is 11.9. The summed E-state index contributed by atoms with van der Waals surface area (Å²) >= 11 is 0. The van der Waals surface area contributed by atoms with Gasteiger partial charge in [-0.2, -0.15) is 28.1 Å². The number of hydrogen-bond donors (Lipinski definition) is 2. The molecule has 1 aromatic rings. The van der Waals surface area contributed by atoms with Crippen molar-refractivity contribution >= 4 is 11.9 Å². The molecule has 0 aromatic carbocycles. The molecule has 0 amide bonds. The third kappa shape index (κ3) is 4.70. The van der Waals surface area contributed by atoms with Crippen LogP contribution in [0.3, 0.4) is 0 Å². The fraction of sp³-hybridized carbons (Fsp3) is 0.625. The average Bonchev–Trinajstić information content (AvgIpc) is 2.25. The van der Waals surface area contributed by atoms with Crippen LogP contribution in [-0.2, 0) is 0 Å². The van der Waals surface area contributed by atoms with Crippen molar-refractivity contribution in [3.8, 4) is 6.01 Å². The molecule has 1 rings (SSSR count). The van der Waals surface area contributed by atoms with Crippen LogP contribution in [0.1, 0.15) is 6.92 Å². The normalized spacial score (nSPS) is 11.1. The Labute approximate surface area is 95.6 Å². The van der Waals surface area contributed by atoms with Gasteiger partial charge in [0.15, 0.2) is 6.61 Å². The van der Waals surface area contributed by atoms with Crippen LogP contribution in [0.15, 0.2) is 0 Å². The lowest BCUT2D eigenvalue weighted by Gasteiger charge is -2.09. The van der Waals surface area contributed by atoms with Crippen LogP contribution in [0.25, 0.3) is 0 Å². The van der Waals surface area contributed by atoms with Gasteiger partial charge >= 0.3 is 12.2 Å². The second-order valence-corrected chi connectivity index (χ2v) is 2.95. The van der Waals surface area contributed by atoms with Crippen molar-refractivity contribution in [1.29, 1.82) is 0 Å². The SMILES string of the molecule is CCNc1nc(NC)nc(OCC(F)(F)F)n1. The minimum Gasteiger partial charge on any atom is -0.454 e. The summed E-state index contributed by atoms with van der Waals surface area (Å²) in [5.41, 5.74) is 0. The van der Waals surface area contributed by atoms with Gasteiger partial charge < -0.3 is 15.4 Å². The van der Waals surface area contributed by atoms with Gasteiger partial charge in [-0.05, 0) is 6.92 Å². The van der Waals surface area contributed by atoms with Crippen LogP contribution in [0.2, 0.25) is 0 Å². The van der Waals surface area contributed by atoms with E-state index in [0.29, 0.717) is 6.54 Å². The number of ether oxygens (including phenoxy) is 1. The first kappa shape index (κ1) is 13.3. The van der Waals surface area contributed by atoms with Crippen molar-refractivity contribution < 1.29 is 17.9 Å². The molecule has 1 aromatic heterocycles. The molecule has 0 fully saturated rings. The molecule has 0 unspecified atom stereocenters. The fourth-order valence-corrected chi connectivity index (χ4v) is 0.916. The lowest BCUT2D eigenvalue weighted by Crippen LogP contribution is -2.20. The van der Waals surface area contributed by atoms with E-state index in [-0.39, 0.29) is 17.9 Å². The summed E-state index contributed by atoms with van der Waals surface area (Å²) in [5.74, 6) is 0.289. The van der Waals surface area contributed by atoms with Crippen molar-refractivity contribution in [2.75, 3.05) is 30.8 Å². The third-order valence-electron chi connectivity index (χ3n) is 1.54. The van der Waals surface area contributed by atoms with Crippen molar-refractivity contribution in [3.63, 3.8) is 0 Å². The summed E-state index contributed by atoms with van der Waals surface area (Å²) in [5, 5.41) is 5.36. The second kappa shape index (κ2) is 5.51. The maximum atomic E-state index is 11.9. The first-order valence-electron chi connectivity index (χ1n) is 4.82. The van der Waals surface area contributed by atoms with E-state index in [1.54, 1.807) is 14.0 Å². The van der Waals surface area contributed by atoms with E-state index >= 15 is 0 Å². The minimum atomic E-state index is -4.43. The van der Waals surface area contributed by atoms with Gasteiger partial charge in [0.1, 0.15) is 0 Å². The molecule has 17 heavy (non-hydrogen) atoms. The molecule has 0 bridgehead atoms. The Morgan fingerprint density at radius 1 is 1.18 bits per heavy atom. The van der Waals surface area contributed by atoms with Gasteiger partial charge in [-0.25, -0.2) is 0 Å². The highest BCUT2D eigenvalue weighted by molar-refractivity contribution is 5.35. The summed E-state index contributed by atoms with van der Waals surface area (Å²) in [4.78, 5) is 11.2. The number of anilines is 2. The fourth-order valence-electron chi connectivity index (χ4n) is 0.916. The first-order chi connectivity index (χ1) is 7.94. The largest absolute Gasteiger partial charge is 0.454 e. The number of hydrogen-bond acceptors (Lipinski definition) is 6. The summed E-state index contributed by atoms with van der Waals surface area (Å²) in [6.45, 7) is 0.899. The number of nitrogens with zero attached hydrogens (tertiary/aromatic N) is 3. The monoisotopic (exact) mass is 251 g/mol. The van der Waals surface area contributed by atoms with Gasteiger partial charge in [-0.1, -0.05) is 0 Å². The number of rotatable bonds is 5. The maximum Gasteiger partial charge on any atom is 0.422 e. The van der Waals surface area contributed by atoms with E-state index in [2.05, 4.69) is 30.3 Å². The van der Waals surface area contributed by atoms with Crippen molar-refractivity contribution in [3.05, 3.63) is 0 Å². The smallest absolute Gasteiger partial charge is 0.422 e. The standard InChI is InChI=1S/C8H12F3N5O/c1-3-13-6-14-5(12-2)15-7(16-6)17-4-8(9,10)11/h3-4H2,1-2H3,(H2,12,13,14,15,16). The van der Waals surface area contributed by atoms with Gasteiger partial charge in [0.25, 0.3) is 0 Å². The molecule has 9 heteroatoms. The number of aromatic nitrogens is 3. The minimum absolute atomic E-state index is 0.133. The number of nitrogens with one attached hydrogen (secondary N) is 2. The Hall–Kier alpha value is -1.80. The topological polar surface area (TPSA) is 72.0 Å². The molecule has 0 saturated heterocycles. The van der Waals surface area contributed by atoms with E-state index in [9.17, 15) is 13.2 Å². The number of alkyl halides is 3. The van der Waals surface area contributed by atoms with Crippen LogP contribution in [0.4, 0.5) is 25.1 Å². The Morgan fingerprint density at radius 3 is 2.35 bits per heavy atom. The summed E-state index contributed by atoms with van der Waals surface area (Å²) in [6, 6.07) is -0.377. The van der Waals surface area contributed by atoms with E-state index in [1.165, 1.54) is 0 Å². The molecule has 0 spiro atoms. The predicted octanol–water partition coefficient (Wildman–Crippen LogP) is 1.29. The van der Waals surface area contributed by atoms with Crippen LogP contribution in [0, 0.1) is 0 Å². The van der Waals surface area contributed by atoms with Gasteiger partial charge in [-0.3, -0.25) is 0 Å². The van der Waals surface area contributed by atoms with Crippen LogP contribution >= 0.6 is 0 Å². The molecule has 0 atom stereocenters. The lowest BCUT2D eigenvalue weighted by molar-refractivity contribution is -0.154. The lowest BCUT2D eigenvalue weighted by atomic mass is 10.7. The summed E-state index contributed by atoms with van der Waals surface area (Å²) < 4.78 is 40.3. The zero-order valence-corrected chi connectivity index (χ0v) is 9.30. The van der Waals surface area contributed by atoms with Gasteiger partial charge in [0.2, 0.25) is 11.9 Å². The quantitative estimate of drug-likeness (QED) is 0.821. The highest BCUT2D eigenvalue weighted by atomic mass is 19.4. The molecule has 0 saturated carbocycles. The van der Waals surface area contributed by atoms with Crippen LogP contribution < -0.4 is 15.4 Å². The van der Waals surface area contributed by atoms with E-state index in [0.717, 1.165) is 0 Å². The molecule has 0 aliphatic rings. The summed E-state index contributed by atoms with van der Waals surface area (Å²) in [7, 11) is 1.54. The van der Waals surface area contributed by atoms with Gasteiger partial charge in [0.05, 0.1) is 0 Å². The van der Waals surface area contributed by atoms with Crippen molar-refractivity contribution in [1.82, 2.24) is 15.0 Å². The molecule has 96 valence electrons. The predicted molar refractivity (Wildman–Crippen MR) is 55.1 cm³/mol. The molecule has 0 aliphatic carbocycles. The molecule has 1 heterocycles. The highest BCUT2D eigenvalue weighted by Gasteiger charge is 2.29. The molecule has 0 radical (unpaired) electrons. The molecule has 6 nitrogen and oxygen atoms in total. The van der Waals surface area contributed by atoms with Gasteiger partial charge in [-0.15, -0.1) is 0 Å². The second-order valence-electron chi connectivity index (χ2n) is 2.95. The van der Waals surface area contributed by atoms with E-state index < -0.39 is 12.8 Å². The van der Waals surface area contributed by atoms with Crippen molar-refractivity contribution in [2.24, 2.45) is 0 Å². The molecule has 0 aliphatic heterocycles. The molecular weight excluding hydrogens is 239 g/mol. The number of halogens is 3. The van der Waals surface area contributed by atoms with Crippen molar-refractivity contribution in [2.45, 2.75) is 13.1 Å². The Morgan fingerprint density at radius 2 is 1.82 bits per heavy atom. The van der Waals surface area contributed by atoms with Gasteiger partial charge in [0, 0.05) is 13.6 Å². The molecule has 2 N–H and O–H groups in total. The van der Waals surface area contributed by atoms with Crippen LogP contribution in [0.5, 0.6) is 6.01 Å². The third-order valence-corrected chi connectivity index (χ3v) is 1.54. The van der Waals surface area contributed by atoms with E-state index in [1.807, 2.05) is 0 Å². The first-order valence-corrected chi connectivity index (χ1v) is 4.82. The van der Waals surface area contributed by atoms with Crippen LogP contribution in [-0.4, -0.2) is 41.3 Å². The Balaban J connectivity index is 2.79. The Bertz CT molecular complexity index is 371. The van der Waals surface area contributed by atoms with E-state index in [4.69, 9.17) is 0 Å². The Kier molecular flexibility index (Phi) is 4.30. The average molecular weight is 251 g/mol.